The van der Waals surface area contributed by atoms with Gasteiger partial charge in [0.15, 0.2) is 0 Å². The Hall–Kier alpha value is -3.77. The van der Waals surface area contributed by atoms with Crippen LogP contribution in [0.2, 0.25) is 5.02 Å². The zero-order valence-electron chi connectivity index (χ0n) is 19.8. The lowest BCUT2D eigenvalue weighted by molar-refractivity contribution is 0.235. The van der Waals surface area contributed by atoms with E-state index in [-0.39, 0.29) is 17.9 Å². The Kier molecular flexibility index (Phi) is 6.22. The summed E-state index contributed by atoms with van der Waals surface area (Å²) in [6.45, 7) is 2.91. The summed E-state index contributed by atoms with van der Waals surface area (Å²) in [7, 11) is 0. The van der Waals surface area contributed by atoms with E-state index in [1.807, 2.05) is 16.9 Å². The first-order chi connectivity index (χ1) is 17.2. The number of fused-ring (bicyclic) bond motifs is 1. The Labute approximate surface area is 212 Å². The van der Waals surface area contributed by atoms with Gasteiger partial charge in [-0.3, -0.25) is 4.98 Å². The van der Waals surface area contributed by atoms with E-state index in [0.717, 1.165) is 18.4 Å². The summed E-state index contributed by atoms with van der Waals surface area (Å²) < 4.78 is 29.8. The fraction of sp³-hybridized carbons (Fsp3) is 0.308. The van der Waals surface area contributed by atoms with Gasteiger partial charge in [-0.05, 0) is 56.5 Å². The number of nitrogens with zero attached hydrogens (tertiary/aromatic N) is 5. The SMILES string of the molecule is CC(C)(F)CNc1c(C#N)cnc2c(Cl)cc(NC(c3ccc(F)cc3)c3cn(C4CC4)nn3)cc12. The topological polar surface area (TPSA) is 91.5 Å². The van der Waals surface area contributed by atoms with Gasteiger partial charge in [-0.25, -0.2) is 13.5 Å². The predicted molar refractivity (Wildman–Crippen MR) is 135 cm³/mol. The van der Waals surface area contributed by atoms with Gasteiger partial charge in [-0.15, -0.1) is 5.10 Å². The number of alkyl halides is 1. The van der Waals surface area contributed by atoms with Crippen molar-refractivity contribution in [1.82, 2.24) is 20.0 Å². The molecular formula is C26H24ClF2N7. The summed E-state index contributed by atoms with van der Waals surface area (Å²) in [6, 6.07) is 11.7. The van der Waals surface area contributed by atoms with Crippen molar-refractivity contribution in [3.05, 3.63) is 76.5 Å². The van der Waals surface area contributed by atoms with Gasteiger partial charge < -0.3 is 10.6 Å². The molecule has 184 valence electrons. The van der Waals surface area contributed by atoms with Crippen molar-refractivity contribution < 1.29 is 8.78 Å². The van der Waals surface area contributed by atoms with Crippen LogP contribution in [0.25, 0.3) is 10.9 Å². The zero-order chi connectivity index (χ0) is 25.4. The third-order valence-corrected chi connectivity index (χ3v) is 6.28. The Morgan fingerprint density at radius 1 is 1.25 bits per heavy atom. The van der Waals surface area contributed by atoms with E-state index in [9.17, 15) is 14.0 Å². The fourth-order valence-electron chi connectivity index (χ4n) is 4.01. The first-order valence-electron chi connectivity index (χ1n) is 11.6. The summed E-state index contributed by atoms with van der Waals surface area (Å²) in [5.41, 5.74) is 1.81. The molecule has 2 aromatic heterocycles. The monoisotopic (exact) mass is 507 g/mol. The van der Waals surface area contributed by atoms with Crippen LogP contribution in [0.5, 0.6) is 0 Å². The van der Waals surface area contributed by atoms with Gasteiger partial charge >= 0.3 is 0 Å². The number of nitriles is 1. The van der Waals surface area contributed by atoms with Crippen LogP contribution in [-0.4, -0.2) is 32.2 Å². The molecule has 1 atom stereocenters. The van der Waals surface area contributed by atoms with Crippen LogP contribution in [0, 0.1) is 17.1 Å². The van der Waals surface area contributed by atoms with Crippen LogP contribution in [0.1, 0.15) is 55.6 Å². The van der Waals surface area contributed by atoms with Gasteiger partial charge in [0.1, 0.15) is 23.2 Å². The molecule has 4 aromatic rings. The molecule has 0 saturated heterocycles. The number of halogens is 3. The second-order valence-electron chi connectivity index (χ2n) is 9.57. The minimum Gasteiger partial charge on any atom is -0.380 e. The number of nitrogens with one attached hydrogen (secondary N) is 2. The van der Waals surface area contributed by atoms with Crippen LogP contribution in [0.4, 0.5) is 20.2 Å². The zero-order valence-corrected chi connectivity index (χ0v) is 20.5. The van der Waals surface area contributed by atoms with Crippen molar-refractivity contribution in [2.24, 2.45) is 0 Å². The Bertz CT molecular complexity index is 1450. The molecule has 0 spiro atoms. The highest BCUT2D eigenvalue weighted by Gasteiger charge is 2.27. The van der Waals surface area contributed by atoms with E-state index in [1.165, 1.54) is 32.2 Å². The third-order valence-electron chi connectivity index (χ3n) is 5.99. The van der Waals surface area contributed by atoms with Crippen molar-refractivity contribution in [2.45, 2.75) is 44.4 Å². The lowest BCUT2D eigenvalue weighted by Crippen LogP contribution is -2.25. The number of pyridine rings is 1. The van der Waals surface area contributed by atoms with Crippen LogP contribution in [-0.2, 0) is 0 Å². The molecule has 1 fully saturated rings. The molecule has 10 heteroatoms. The van der Waals surface area contributed by atoms with Crippen LogP contribution in [0.3, 0.4) is 0 Å². The van der Waals surface area contributed by atoms with E-state index >= 15 is 0 Å². The van der Waals surface area contributed by atoms with Crippen molar-refractivity contribution in [3.8, 4) is 6.07 Å². The highest BCUT2D eigenvalue weighted by atomic mass is 35.5. The highest BCUT2D eigenvalue weighted by Crippen LogP contribution is 2.37. The summed E-state index contributed by atoms with van der Waals surface area (Å²) in [5.74, 6) is -0.338. The van der Waals surface area contributed by atoms with Crippen LogP contribution in [0.15, 0.2) is 48.8 Å². The molecule has 0 aliphatic heterocycles. The smallest absolute Gasteiger partial charge is 0.123 e. The fourth-order valence-corrected chi connectivity index (χ4v) is 4.28. The minimum atomic E-state index is -1.50. The van der Waals surface area contributed by atoms with Gasteiger partial charge in [0.25, 0.3) is 0 Å². The average molecular weight is 508 g/mol. The molecule has 1 unspecified atom stereocenters. The predicted octanol–water partition coefficient (Wildman–Crippen LogP) is 6.19. The lowest BCUT2D eigenvalue weighted by Gasteiger charge is -2.21. The number of hydrogen-bond acceptors (Lipinski definition) is 6. The maximum absolute atomic E-state index is 14.3. The first-order valence-corrected chi connectivity index (χ1v) is 12.0. The molecule has 1 aliphatic carbocycles. The van der Waals surface area contributed by atoms with Gasteiger partial charge in [0.05, 0.1) is 40.1 Å². The van der Waals surface area contributed by atoms with Crippen molar-refractivity contribution in [2.75, 3.05) is 17.2 Å². The summed E-state index contributed by atoms with van der Waals surface area (Å²) in [6.07, 6.45) is 5.45. The van der Waals surface area contributed by atoms with Crippen molar-refractivity contribution in [3.63, 3.8) is 0 Å². The largest absolute Gasteiger partial charge is 0.380 e. The van der Waals surface area contributed by atoms with Crippen LogP contribution < -0.4 is 10.6 Å². The Balaban J connectivity index is 1.57. The first kappa shape index (κ1) is 23.9. The van der Waals surface area contributed by atoms with E-state index in [2.05, 4.69) is 32.0 Å². The Morgan fingerprint density at radius 3 is 2.67 bits per heavy atom. The summed E-state index contributed by atoms with van der Waals surface area (Å²) >= 11 is 6.60. The maximum atomic E-state index is 14.3. The molecule has 36 heavy (non-hydrogen) atoms. The standard InChI is InChI=1S/C26H24ClF2N7/c1-26(2,29)14-32-23-16(11-30)12-31-25-20(23)9-18(10-21(25)27)33-24(15-3-5-17(28)6-4-15)22-13-36(35-34-22)19-7-8-19/h3-6,9-10,12-13,19,24,33H,7-8,14H2,1-2H3,(H,31,32). The van der Waals surface area contributed by atoms with Crippen molar-refractivity contribution in [1.29, 1.82) is 5.26 Å². The van der Waals surface area contributed by atoms with E-state index in [0.29, 0.717) is 39.0 Å². The van der Waals surface area contributed by atoms with Gasteiger partial charge in [0.2, 0.25) is 0 Å². The van der Waals surface area contributed by atoms with Crippen molar-refractivity contribution >= 4 is 33.9 Å². The normalized spacial score (nSPS) is 14.4. The maximum Gasteiger partial charge on any atom is 0.123 e. The minimum absolute atomic E-state index is 0.00144. The third kappa shape index (κ3) is 5.09. The highest BCUT2D eigenvalue weighted by molar-refractivity contribution is 6.35. The Morgan fingerprint density at radius 2 is 2.00 bits per heavy atom. The second-order valence-corrected chi connectivity index (χ2v) is 9.98. The number of aromatic nitrogens is 4. The van der Waals surface area contributed by atoms with Gasteiger partial charge in [-0.1, -0.05) is 28.9 Å². The number of rotatable bonds is 8. The second kappa shape index (κ2) is 9.36. The molecule has 2 aromatic carbocycles. The van der Waals surface area contributed by atoms with Crippen LogP contribution >= 0.6 is 11.6 Å². The van der Waals surface area contributed by atoms with Gasteiger partial charge in [-0.2, -0.15) is 5.26 Å². The molecule has 5 rings (SSSR count). The number of benzene rings is 2. The molecule has 2 heterocycles. The number of anilines is 2. The summed E-state index contributed by atoms with van der Waals surface area (Å²) in [4.78, 5) is 4.35. The molecule has 1 aliphatic rings. The average Bonchev–Trinajstić information content (AvgIpc) is 3.58. The molecule has 1 saturated carbocycles. The summed E-state index contributed by atoms with van der Waals surface area (Å²) in [5, 5.41) is 25.7. The quantitative estimate of drug-likeness (QED) is 0.295. The molecule has 7 nitrogen and oxygen atoms in total. The lowest BCUT2D eigenvalue weighted by atomic mass is 10.0. The van der Waals surface area contributed by atoms with E-state index < -0.39 is 11.7 Å². The molecule has 0 amide bonds. The molecular weight excluding hydrogens is 484 g/mol. The van der Waals surface area contributed by atoms with E-state index in [4.69, 9.17) is 11.6 Å². The molecule has 2 N–H and O–H groups in total. The number of hydrogen-bond donors (Lipinski definition) is 2. The molecule has 0 bridgehead atoms. The van der Waals surface area contributed by atoms with E-state index in [1.54, 1.807) is 18.2 Å². The van der Waals surface area contributed by atoms with Gasteiger partial charge in [0, 0.05) is 23.8 Å². The molecule has 0 radical (unpaired) electrons.